The van der Waals surface area contributed by atoms with Crippen molar-refractivity contribution in [1.82, 2.24) is 18.3 Å². The van der Waals surface area contributed by atoms with Gasteiger partial charge in [-0.15, -0.1) is 0 Å². The standard InChI is InChI=1S/C82H54N8/c1-47-20-26-72-65(29-47)60-15-7-8-16-71(60)87(72)79-38-58(55-13-9-11-53(35-55)43-83)39-80(69(79)45-85)88-73-27-21-48(2)30-66(73)67-37-57(22-28-74(67)88)64-42-68-63-25-19-51(5)33-77(63)90(78(68)34-52(64)6)82-41-59(56-14-10-12-54(36-56)44-84)40-81(70(82)46-86)89-75-31-49(3)17-23-61(75)62-24-18-50(4)32-76(62)89/h7-42H,1-6H3. The summed E-state index contributed by atoms with van der Waals surface area (Å²) in [5, 5.41) is 52.5. The number of benzene rings is 12. The van der Waals surface area contributed by atoms with Gasteiger partial charge in [-0.2, -0.15) is 21.0 Å². The first kappa shape index (κ1) is 53.3. The van der Waals surface area contributed by atoms with Gasteiger partial charge in [-0.05, 0) is 219 Å². The fourth-order valence-corrected chi connectivity index (χ4v) is 14.3. The van der Waals surface area contributed by atoms with Crippen LogP contribution in [0.3, 0.4) is 0 Å². The van der Waals surface area contributed by atoms with Crippen molar-refractivity contribution in [3.8, 4) is 80.4 Å². The Labute approximate surface area is 519 Å². The number of fused-ring (bicyclic) bond motifs is 12. The molecular weight excluding hydrogens is 1100 g/mol. The summed E-state index contributed by atoms with van der Waals surface area (Å²) in [5.74, 6) is 0. The Bertz CT molecular complexity index is 5980. The largest absolute Gasteiger partial charge is 0.308 e. The van der Waals surface area contributed by atoms with Crippen molar-refractivity contribution in [2.45, 2.75) is 41.5 Å². The molecule has 4 heterocycles. The van der Waals surface area contributed by atoms with E-state index < -0.39 is 0 Å². The van der Waals surface area contributed by atoms with Crippen molar-refractivity contribution in [1.29, 1.82) is 21.0 Å². The summed E-state index contributed by atoms with van der Waals surface area (Å²) in [5.41, 5.74) is 25.2. The lowest BCUT2D eigenvalue weighted by molar-refractivity contribution is 1.11. The first-order valence-electron chi connectivity index (χ1n) is 30.2. The van der Waals surface area contributed by atoms with Crippen molar-refractivity contribution >= 4 is 87.2 Å². The first-order chi connectivity index (χ1) is 43.9. The van der Waals surface area contributed by atoms with Gasteiger partial charge in [-0.1, -0.05) is 108 Å². The average molecular weight is 1150 g/mol. The molecule has 0 spiro atoms. The third-order valence-electron chi connectivity index (χ3n) is 18.4. The zero-order valence-electron chi connectivity index (χ0n) is 50.4. The SMILES string of the molecule is Cc1ccc2c(c1)c1ccccc1n2-c1cc(-c2cccc(C#N)c2)cc(-n2c3ccc(C)cc3c3cc(-c4cc5c6ccc(C)cc6n(-c6cc(-c7cccc(C#N)c7)cc(-n7c8cc(C)ccc8c8ccc(C)cc87)c6C#N)c5cc4C)ccc32)c1C#N. The second kappa shape index (κ2) is 20.2. The fourth-order valence-electron chi connectivity index (χ4n) is 14.3. The van der Waals surface area contributed by atoms with Gasteiger partial charge in [-0.3, -0.25) is 0 Å². The minimum atomic E-state index is 0.517. The van der Waals surface area contributed by atoms with E-state index >= 15 is 0 Å². The van der Waals surface area contributed by atoms with E-state index in [2.05, 4.69) is 254 Å². The summed E-state index contributed by atoms with van der Waals surface area (Å²) >= 11 is 0. The Hall–Kier alpha value is -12.2. The van der Waals surface area contributed by atoms with Crippen LogP contribution in [0.2, 0.25) is 0 Å². The molecule has 0 saturated carbocycles. The molecular formula is C82H54N8. The topological polar surface area (TPSA) is 115 Å². The van der Waals surface area contributed by atoms with Gasteiger partial charge < -0.3 is 18.3 Å². The van der Waals surface area contributed by atoms with Crippen LogP contribution in [-0.2, 0) is 0 Å². The van der Waals surface area contributed by atoms with Crippen LogP contribution in [0, 0.1) is 86.9 Å². The molecule has 0 aliphatic heterocycles. The predicted molar refractivity (Wildman–Crippen MR) is 367 cm³/mol. The molecule has 16 rings (SSSR count). The highest BCUT2D eigenvalue weighted by molar-refractivity contribution is 6.15. The molecule has 0 N–H and O–H groups in total. The summed E-state index contributed by atoms with van der Waals surface area (Å²) in [6, 6.07) is 86.6. The molecule has 422 valence electrons. The summed E-state index contributed by atoms with van der Waals surface area (Å²) in [6.07, 6.45) is 0. The van der Waals surface area contributed by atoms with Crippen LogP contribution < -0.4 is 0 Å². The average Bonchev–Trinajstić information content (AvgIpc) is 1.56. The maximum absolute atomic E-state index is 11.8. The molecule has 8 nitrogen and oxygen atoms in total. The zero-order chi connectivity index (χ0) is 61.4. The van der Waals surface area contributed by atoms with E-state index in [0.29, 0.717) is 22.3 Å². The van der Waals surface area contributed by atoms with Gasteiger partial charge in [0, 0.05) is 43.1 Å². The Kier molecular flexibility index (Phi) is 12.0. The number of hydrogen-bond acceptors (Lipinski definition) is 4. The fraction of sp³-hybridized carbons (Fsp3) is 0.0732. The number of hydrogen-bond donors (Lipinski definition) is 0. The van der Waals surface area contributed by atoms with E-state index in [1.807, 2.05) is 48.5 Å². The maximum Gasteiger partial charge on any atom is 0.104 e. The monoisotopic (exact) mass is 1150 g/mol. The second-order valence-electron chi connectivity index (χ2n) is 24.3. The lowest BCUT2D eigenvalue weighted by Crippen LogP contribution is -2.05. The third-order valence-corrected chi connectivity index (χ3v) is 18.4. The van der Waals surface area contributed by atoms with Crippen LogP contribution in [0.4, 0.5) is 0 Å². The van der Waals surface area contributed by atoms with Crippen molar-refractivity contribution in [3.63, 3.8) is 0 Å². The highest BCUT2D eigenvalue weighted by atomic mass is 15.0. The summed E-state index contributed by atoms with van der Waals surface area (Å²) in [6.45, 7) is 12.7. The second-order valence-corrected chi connectivity index (χ2v) is 24.3. The molecule has 16 aromatic rings. The van der Waals surface area contributed by atoms with Crippen LogP contribution in [0.5, 0.6) is 0 Å². The Morgan fingerprint density at radius 1 is 0.244 bits per heavy atom. The van der Waals surface area contributed by atoms with Crippen LogP contribution in [0.25, 0.3) is 143 Å². The molecule has 0 bridgehead atoms. The first-order valence-corrected chi connectivity index (χ1v) is 30.2. The van der Waals surface area contributed by atoms with E-state index in [9.17, 15) is 21.0 Å². The molecule has 90 heavy (non-hydrogen) atoms. The minimum Gasteiger partial charge on any atom is -0.308 e. The highest BCUT2D eigenvalue weighted by Gasteiger charge is 2.27. The van der Waals surface area contributed by atoms with Crippen LogP contribution in [0.1, 0.15) is 55.6 Å². The van der Waals surface area contributed by atoms with E-state index in [-0.39, 0.29) is 0 Å². The van der Waals surface area contributed by atoms with Gasteiger partial charge in [0.1, 0.15) is 23.3 Å². The summed E-state index contributed by atoms with van der Waals surface area (Å²) in [7, 11) is 0. The van der Waals surface area contributed by atoms with E-state index in [1.54, 1.807) is 0 Å². The smallest absolute Gasteiger partial charge is 0.104 e. The number of rotatable bonds is 7. The molecule has 0 aliphatic carbocycles. The number of aryl methyl sites for hydroxylation is 6. The molecule has 0 radical (unpaired) electrons. The Balaban J connectivity index is 0.935. The van der Waals surface area contributed by atoms with Crippen molar-refractivity contribution in [2.75, 3.05) is 0 Å². The van der Waals surface area contributed by atoms with E-state index in [1.165, 1.54) is 0 Å². The van der Waals surface area contributed by atoms with Gasteiger partial charge >= 0.3 is 0 Å². The quantitative estimate of drug-likeness (QED) is 0.158. The van der Waals surface area contributed by atoms with Crippen molar-refractivity contribution < 1.29 is 0 Å². The van der Waals surface area contributed by atoms with Crippen molar-refractivity contribution in [3.05, 3.63) is 274 Å². The van der Waals surface area contributed by atoms with Crippen LogP contribution >= 0.6 is 0 Å². The van der Waals surface area contributed by atoms with Gasteiger partial charge in [0.05, 0.1) is 90.1 Å². The molecule has 8 heteroatoms. The molecule has 0 fully saturated rings. The lowest BCUT2D eigenvalue weighted by atomic mass is 9.96. The minimum absolute atomic E-state index is 0.517. The lowest BCUT2D eigenvalue weighted by Gasteiger charge is -2.19. The van der Waals surface area contributed by atoms with Crippen LogP contribution in [-0.4, -0.2) is 18.3 Å². The van der Waals surface area contributed by atoms with E-state index in [0.717, 1.165) is 177 Å². The van der Waals surface area contributed by atoms with Gasteiger partial charge in [-0.25, -0.2) is 0 Å². The van der Waals surface area contributed by atoms with Gasteiger partial charge in [0.15, 0.2) is 0 Å². The normalized spacial score (nSPS) is 11.6. The van der Waals surface area contributed by atoms with Gasteiger partial charge in [0.2, 0.25) is 0 Å². The molecule has 0 atom stereocenters. The predicted octanol–water partition coefficient (Wildman–Crippen LogP) is 20.4. The van der Waals surface area contributed by atoms with Crippen molar-refractivity contribution in [2.24, 2.45) is 0 Å². The summed E-state index contributed by atoms with van der Waals surface area (Å²) in [4.78, 5) is 0. The zero-order valence-corrected chi connectivity index (χ0v) is 50.4. The molecule has 0 aliphatic rings. The molecule has 12 aromatic carbocycles. The van der Waals surface area contributed by atoms with Crippen LogP contribution in [0.15, 0.2) is 218 Å². The number of nitriles is 4. The number of aromatic nitrogens is 4. The number of para-hydroxylation sites is 1. The Morgan fingerprint density at radius 3 is 1.09 bits per heavy atom. The van der Waals surface area contributed by atoms with Gasteiger partial charge in [0.25, 0.3) is 0 Å². The molecule has 0 amide bonds. The highest BCUT2D eigenvalue weighted by Crippen LogP contribution is 2.46. The molecule has 0 unspecified atom stereocenters. The van der Waals surface area contributed by atoms with E-state index in [4.69, 9.17) is 0 Å². The Morgan fingerprint density at radius 2 is 0.611 bits per heavy atom. The third kappa shape index (κ3) is 8.10. The summed E-state index contributed by atoms with van der Waals surface area (Å²) < 4.78 is 9.03. The molecule has 4 aromatic heterocycles. The maximum atomic E-state index is 11.8. The number of nitrogens with zero attached hydrogens (tertiary/aromatic N) is 8. The molecule has 0 saturated heterocycles.